The van der Waals surface area contributed by atoms with Crippen molar-refractivity contribution in [1.29, 1.82) is 0 Å². The lowest BCUT2D eigenvalue weighted by Crippen LogP contribution is -2.43. The first-order chi connectivity index (χ1) is 13.1. The highest BCUT2D eigenvalue weighted by atomic mass is 19.1. The number of amides is 1. The number of rotatable bonds is 7. The Morgan fingerprint density at radius 1 is 1.07 bits per heavy atom. The van der Waals surface area contributed by atoms with Crippen LogP contribution in [0, 0.1) is 6.92 Å². The molecule has 3 rings (SSSR count). The van der Waals surface area contributed by atoms with Crippen molar-refractivity contribution in [3.05, 3.63) is 83.7 Å². The summed E-state index contributed by atoms with van der Waals surface area (Å²) in [6, 6.07) is 19.1. The van der Waals surface area contributed by atoms with Crippen LogP contribution in [-0.2, 0) is 11.2 Å². The number of nitrogens with zero attached hydrogens (tertiary/aromatic N) is 2. The van der Waals surface area contributed by atoms with Gasteiger partial charge in [-0.25, -0.2) is 9.07 Å². The molecule has 0 saturated heterocycles. The zero-order valence-corrected chi connectivity index (χ0v) is 14.9. The smallest absolute Gasteiger partial charge is 0.270 e. The molecule has 6 heteroatoms. The monoisotopic (exact) mass is 365 g/mol. The third-order valence-corrected chi connectivity index (χ3v) is 4.17. The van der Waals surface area contributed by atoms with Gasteiger partial charge in [0.1, 0.15) is 12.4 Å². The summed E-state index contributed by atoms with van der Waals surface area (Å²) >= 11 is 0. The fraction of sp³-hybridized carbons (Fsp3) is 0.190. The highest BCUT2D eigenvalue weighted by Gasteiger charge is 2.24. The molecule has 1 atom stereocenters. The number of alkyl halides is 1. The van der Waals surface area contributed by atoms with E-state index in [1.807, 2.05) is 60.7 Å². The molecule has 0 radical (unpaired) electrons. The number of hydrogen-bond acceptors (Lipinski definition) is 3. The highest BCUT2D eigenvalue weighted by Crippen LogP contribution is 2.13. The molecule has 0 spiro atoms. The van der Waals surface area contributed by atoms with Crippen LogP contribution in [0.3, 0.4) is 0 Å². The summed E-state index contributed by atoms with van der Waals surface area (Å²) in [6.07, 6.45) is 0.230. The lowest BCUT2D eigenvalue weighted by molar-refractivity contribution is -0.121. The molecule has 1 unspecified atom stereocenters. The maximum absolute atomic E-state index is 13.0. The van der Waals surface area contributed by atoms with Gasteiger partial charge in [0.25, 0.3) is 5.91 Å². The third kappa shape index (κ3) is 4.47. The molecule has 1 N–H and O–H groups in total. The standard InChI is InChI=1S/C21H20FN3O2/c1-15-12-19(25(24-15)17-10-6-3-7-11-17)21(27)23-18(20(26)14-22)13-16-8-4-2-5-9-16/h2-12,18H,13-14H2,1H3,(H,23,27). The minimum atomic E-state index is -1.13. The molecule has 1 aromatic heterocycles. The quantitative estimate of drug-likeness (QED) is 0.700. The van der Waals surface area contributed by atoms with Gasteiger partial charge in [-0.1, -0.05) is 48.5 Å². The molecule has 5 nitrogen and oxygen atoms in total. The Kier molecular flexibility index (Phi) is 5.76. The van der Waals surface area contributed by atoms with Gasteiger partial charge in [-0.15, -0.1) is 0 Å². The van der Waals surface area contributed by atoms with E-state index in [9.17, 15) is 14.0 Å². The average molecular weight is 365 g/mol. The van der Waals surface area contributed by atoms with Crippen LogP contribution in [-0.4, -0.2) is 34.2 Å². The first kappa shape index (κ1) is 18.5. The number of aromatic nitrogens is 2. The van der Waals surface area contributed by atoms with Crippen LogP contribution in [0.2, 0.25) is 0 Å². The predicted octanol–water partition coefficient (Wildman–Crippen LogP) is 3.06. The summed E-state index contributed by atoms with van der Waals surface area (Å²) < 4.78 is 14.5. The van der Waals surface area contributed by atoms with Crippen LogP contribution < -0.4 is 5.32 Å². The van der Waals surface area contributed by atoms with Crippen molar-refractivity contribution in [3.8, 4) is 5.69 Å². The Hall–Kier alpha value is -3.28. The number of hydrogen-bond donors (Lipinski definition) is 1. The van der Waals surface area contributed by atoms with Crippen molar-refractivity contribution >= 4 is 11.7 Å². The summed E-state index contributed by atoms with van der Waals surface area (Å²) in [5, 5.41) is 7.02. The average Bonchev–Trinajstić information content (AvgIpc) is 3.10. The molecule has 2 aromatic carbocycles. The molecule has 0 aliphatic heterocycles. The third-order valence-electron chi connectivity index (χ3n) is 4.17. The Labute approximate surface area is 156 Å². The van der Waals surface area contributed by atoms with Crippen LogP contribution in [0.4, 0.5) is 4.39 Å². The number of aryl methyl sites for hydroxylation is 1. The fourth-order valence-corrected chi connectivity index (χ4v) is 2.85. The highest BCUT2D eigenvalue weighted by molar-refractivity contribution is 5.97. The molecule has 0 bridgehead atoms. The second kappa shape index (κ2) is 8.40. The number of Topliss-reactive ketones (excluding diaryl/α,β-unsaturated/α-hetero) is 1. The minimum Gasteiger partial charge on any atom is -0.340 e. The van der Waals surface area contributed by atoms with E-state index in [0.29, 0.717) is 11.4 Å². The number of halogens is 1. The normalized spacial score (nSPS) is 11.8. The Morgan fingerprint density at radius 2 is 1.70 bits per heavy atom. The van der Waals surface area contributed by atoms with Crippen LogP contribution in [0.25, 0.3) is 5.69 Å². The molecule has 138 valence electrons. The van der Waals surface area contributed by atoms with E-state index in [1.165, 1.54) is 4.68 Å². The van der Waals surface area contributed by atoms with Crippen molar-refractivity contribution in [1.82, 2.24) is 15.1 Å². The number of carbonyl (C=O) groups is 2. The zero-order valence-electron chi connectivity index (χ0n) is 14.9. The second-order valence-electron chi connectivity index (χ2n) is 6.23. The van der Waals surface area contributed by atoms with Crippen LogP contribution in [0.5, 0.6) is 0 Å². The van der Waals surface area contributed by atoms with Crippen molar-refractivity contribution in [3.63, 3.8) is 0 Å². The van der Waals surface area contributed by atoms with Crippen molar-refractivity contribution < 1.29 is 14.0 Å². The largest absolute Gasteiger partial charge is 0.340 e. The summed E-state index contributed by atoms with van der Waals surface area (Å²) in [6.45, 7) is 0.652. The Morgan fingerprint density at radius 3 is 2.33 bits per heavy atom. The number of carbonyl (C=O) groups excluding carboxylic acids is 2. The Balaban J connectivity index is 1.85. The minimum absolute atomic E-state index is 0.230. The van der Waals surface area contributed by atoms with Crippen molar-refractivity contribution in [2.75, 3.05) is 6.67 Å². The maximum atomic E-state index is 13.0. The maximum Gasteiger partial charge on any atom is 0.270 e. The summed E-state index contributed by atoms with van der Waals surface area (Å²) in [5.74, 6) is -1.13. The van der Waals surface area contributed by atoms with E-state index in [4.69, 9.17) is 0 Å². The second-order valence-corrected chi connectivity index (χ2v) is 6.23. The number of nitrogens with one attached hydrogen (secondary N) is 1. The predicted molar refractivity (Wildman–Crippen MR) is 101 cm³/mol. The van der Waals surface area contributed by atoms with Gasteiger partial charge < -0.3 is 5.32 Å². The molecule has 0 saturated carbocycles. The van der Waals surface area contributed by atoms with Gasteiger partial charge in [0.05, 0.1) is 17.4 Å². The topological polar surface area (TPSA) is 64.0 Å². The number of benzene rings is 2. The molecule has 0 fully saturated rings. The number of para-hydroxylation sites is 1. The van der Waals surface area contributed by atoms with Gasteiger partial charge in [-0.2, -0.15) is 5.10 Å². The Bertz CT molecular complexity index is 923. The van der Waals surface area contributed by atoms with Gasteiger partial charge in [0.15, 0.2) is 5.78 Å². The SMILES string of the molecule is Cc1cc(C(=O)NC(Cc2ccccc2)C(=O)CF)n(-c2ccccc2)n1. The lowest BCUT2D eigenvalue weighted by Gasteiger charge is -2.17. The lowest BCUT2D eigenvalue weighted by atomic mass is 10.0. The van der Waals surface area contributed by atoms with Gasteiger partial charge >= 0.3 is 0 Å². The van der Waals surface area contributed by atoms with Gasteiger partial charge in [0.2, 0.25) is 0 Å². The van der Waals surface area contributed by atoms with Crippen LogP contribution >= 0.6 is 0 Å². The van der Waals surface area contributed by atoms with E-state index in [-0.39, 0.29) is 6.42 Å². The fourth-order valence-electron chi connectivity index (χ4n) is 2.85. The summed E-state index contributed by atoms with van der Waals surface area (Å²) in [5.41, 5.74) is 2.54. The van der Waals surface area contributed by atoms with Gasteiger partial charge in [0, 0.05) is 0 Å². The summed E-state index contributed by atoms with van der Waals surface area (Å²) in [7, 11) is 0. The first-order valence-electron chi connectivity index (χ1n) is 8.64. The van der Waals surface area contributed by atoms with E-state index in [1.54, 1.807) is 13.0 Å². The van der Waals surface area contributed by atoms with Gasteiger partial charge in [-0.3, -0.25) is 9.59 Å². The molecule has 1 amide bonds. The van der Waals surface area contributed by atoms with E-state index >= 15 is 0 Å². The van der Waals surface area contributed by atoms with Crippen molar-refractivity contribution in [2.24, 2.45) is 0 Å². The molecule has 1 heterocycles. The number of ketones is 1. The molecular weight excluding hydrogens is 345 g/mol. The molecule has 27 heavy (non-hydrogen) atoms. The van der Waals surface area contributed by atoms with E-state index in [0.717, 1.165) is 11.3 Å². The van der Waals surface area contributed by atoms with Crippen LogP contribution in [0.15, 0.2) is 66.7 Å². The molecular formula is C21H20FN3O2. The zero-order chi connectivity index (χ0) is 19.2. The van der Waals surface area contributed by atoms with E-state index in [2.05, 4.69) is 10.4 Å². The molecule has 0 aliphatic carbocycles. The van der Waals surface area contributed by atoms with E-state index < -0.39 is 24.4 Å². The summed E-state index contributed by atoms with van der Waals surface area (Å²) in [4.78, 5) is 24.9. The van der Waals surface area contributed by atoms with Crippen LogP contribution in [0.1, 0.15) is 21.7 Å². The molecule has 3 aromatic rings. The molecule has 0 aliphatic rings. The first-order valence-corrected chi connectivity index (χ1v) is 8.64. The van der Waals surface area contributed by atoms with Gasteiger partial charge in [-0.05, 0) is 37.1 Å². The van der Waals surface area contributed by atoms with Crippen molar-refractivity contribution in [2.45, 2.75) is 19.4 Å².